The van der Waals surface area contributed by atoms with Crippen molar-refractivity contribution >= 4 is 11.8 Å². The summed E-state index contributed by atoms with van der Waals surface area (Å²) >= 11 is 0. The van der Waals surface area contributed by atoms with Gasteiger partial charge in [0.2, 0.25) is 11.8 Å². The van der Waals surface area contributed by atoms with Crippen LogP contribution in [0.1, 0.15) is 27.7 Å². The van der Waals surface area contributed by atoms with Gasteiger partial charge in [-0.2, -0.15) is 0 Å². The molecule has 0 aromatic heterocycles. The molecule has 0 bridgehead atoms. The van der Waals surface area contributed by atoms with Crippen molar-refractivity contribution in [3.05, 3.63) is 0 Å². The van der Waals surface area contributed by atoms with Gasteiger partial charge in [-0.3, -0.25) is 9.59 Å². The Kier molecular flexibility index (Phi) is 18.2. The molecule has 4 aliphatic heterocycles. The normalized spacial score (nSPS) is 45.5. The largest absolute Gasteiger partial charge is 0.394 e. The molecular formula is C32H60N4O18. The molecule has 4 heterocycles. The van der Waals surface area contributed by atoms with Crippen LogP contribution in [0, 0.1) is 5.92 Å². The maximum absolute atomic E-state index is 11.7. The Bertz CT molecular complexity index is 1160. The van der Waals surface area contributed by atoms with Crippen molar-refractivity contribution in [2.45, 2.75) is 144 Å². The quantitative estimate of drug-likeness (QED) is 0.0874. The second kappa shape index (κ2) is 21.1. The highest BCUT2D eigenvalue weighted by atomic mass is 16.7. The first kappa shape index (κ1) is 46.6. The van der Waals surface area contributed by atoms with Crippen LogP contribution >= 0.6 is 0 Å². The third-order valence-corrected chi connectivity index (χ3v) is 10.0. The Morgan fingerprint density at radius 1 is 0.574 bits per heavy atom. The summed E-state index contributed by atoms with van der Waals surface area (Å²) in [5, 5.41) is 85.3. The fourth-order valence-corrected chi connectivity index (χ4v) is 6.98. The number of carbonyl (C=O) groups excluding carboxylic acids is 2. The van der Waals surface area contributed by atoms with Crippen LogP contribution in [-0.4, -0.2) is 210 Å². The zero-order valence-electron chi connectivity index (χ0n) is 31.2. The molecule has 22 nitrogen and oxygen atoms in total. The van der Waals surface area contributed by atoms with E-state index in [1.165, 1.54) is 28.1 Å². The molecule has 0 saturated carbocycles. The first-order valence-corrected chi connectivity index (χ1v) is 17.7. The van der Waals surface area contributed by atoms with Crippen molar-refractivity contribution in [3.8, 4) is 0 Å². The number of rotatable bonds is 12. The molecule has 316 valence electrons. The minimum Gasteiger partial charge on any atom is -0.394 e. The average Bonchev–Trinajstić information content (AvgIpc) is 3.14. The molecule has 2 amide bonds. The van der Waals surface area contributed by atoms with E-state index >= 15 is 0 Å². The van der Waals surface area contributed by atoms with Crippen molar-refractivity contribution in [2.75, 3.05) is 40.6 Å². The lowest BCUT2D eigenvalue weighted by Gasteiger charge is -2.48. The average molecular weight is 789 g/mol. The van der Waals surface area contributed by atoms with Gasteiger partial charge >= 0.3 is 0 Å². The summed E-state index contributed by atoms with van der Waals surface area (Å²) in [4.78, 5) is 23.2. The Balaban J connectivity index is 0.000000297. The van der Waals surface area contributed by atoms with Gasteiger partial charge < -0.3 is 101 Å². The van der Waals surface area contributed by atoms with Crippen molar-refractivity contribution in [2.24, 2.45) is 17.4 Å². The molecule has 8 unspecified atom stereocenters. The highest BCUT2D eigenvalue weighted by Gasteiger charge is 2.52. The number of aliphatic hydroxyl groups excluding tert-OH is 8. The minimum atomic E-state index is -1.31. The van der Waals surface area contributed by atoms with Crippen molar-refractivity contribution in [3.63, 3.8) is 0 Å². The van der Waals surface area contributed by atoms with E-state index in [-0.39, 0.29) is 18.4 Å². The monoisotopic (exact) mass is 788 g/mol. The van der Waals surface area contributed by atoms with E-state index in [0.29, 0.717) is 0 Å². The van der Waals surface area contributed by atoms with Gasteiger partial charge in [0.1, 0.15) is 61.0 Å². The van der Waals surface area contributed by atoms with E-state index in [4.69, 9.17) is 49.4 Å². The van der Waals surface area contributed by atoms with Crippen LogP contribution in [0.15, 0.2) is 0 Å². The molecule has 4 rings (SSSR count). The van der Waals surface area contributed by atoms with Crippen LogP contribution in [0.5, 0.6) is 0 Å². The van der Waals surface area contributed by atoms with Crippen LogP contribution in [0.25, 0.3) is 0 Å². The van der Waals surface area contributed by atoms with E-state index in [0.717, 1.165) is 0 Å². The molecule has 4 aliphatic rings. The van der Waals surface area contributed by atoms with Gasteiger partial charge in [-0.1, -0.05) is 6.92 Å². The number of hydrogen-bond donors (Lipinski definition) is 12. The second-order valence-electron chi connectivity index (χ2n) is 13.8. The van der Waals surface area contributed by atoms with Crippen molar-refractivity contribution in [1.29, 1.82) is 0 Å². The maximum atomic E-state index is 11.7. The lowest BCUT2D eigenvalue weighted by atomic mass is 9.89. The molecule has 0 radical (unpaired) electrons. The summed E-state index contributed by atoms with van der Waals surface area (Å²) in [6, 6.07) is -3.73. The fourth-order valence-electron chi connectivity index (χ4n) is 6.98. The molecule has 54 heavy (non-hydrogen) atoms. The SMILES string of the molecule is CO[C@@H]1C(CO)O[C@@H](O[C@H]2C(O)C(NC(C)=O)[C@H](C)O[C@H]2CO)C(NC(C)=O)[C@H]1O.CO[C@@H]1O[C@@H](CO)[C@@H](O[C@@H]2OC(CO)[C@@H](C)[C@H](O)C2N)C(O)C1N. The van der Waals surface area contributed by atoms with Crippen LogP contribution < -0.4 is 22.1 Å². The van der Waals surface area contributed by atoms with Gasteiger partial charge in [-0.15, -0.1) is 0 Å². The smallest absolute Gasteiger partial charge is 0.217 e. The Morgan fingerprint density at radius 2 is 1.00 bits per heavy atom. The predicted octanol–water partition coefficient (Wildman–Crippen LogP) is -6.92. The fraction of sp³-hybridized carbons (Fsp3) is 0.938. The molecule has 0 spiro atoms. The molecule has 0 aliphatic carbocycles. The Morgan fingerprint density at radius 3 is 1.52 bits per heavy atom. The predicted molar refractivity (Wildman–Crippen MR) is 181 cm³/mol. The summed E-state index contributed by atoms with van der Waals surface area (Å²) in [5.74, 6) is -1.25. The minimum absolute atomic E-state index is 0.316. The van der Waals surface area contributed by atoms with Gasteiger partial charge in [-0.05, 0) is 6.92 Å². The number of amides is 2. The third kappa shape index (κ3) is 10.8. The van der Waals surface area contributed by atoms with Crippen LogP contribution in [0.3, 0.4) is 0 Å². The number of nitrogens with two attached hydrogens (primary N) is 2. The van der Waals surface area contributed by atoms with E-state index < -0.39 is 142 Å². The lowest BCUT2D eigenvalue weighted by molar-refractivity contribution is -0.321. The maximum Gasteiger partial charge on any atom is 0.217 e. The molecule has 22 heteroatoms. The topological polar surface area (TPSA) is 346 Å². The number of nitrogens with one attached hydrogen (secondary N) is 2. The second-order valence-corrected chi connectivity index (χ2v) is 13.8. The van der Waals surface area contributed by atoms with Crippen LogP contribution in [-0.2, 0) is 47.5 Å². The summed E-state index contributed by atoms with van der Waals surface area (Å²) in [6.07, 6.45) is -15.3. The summed E-state index contributed by atoms with van der Waals surface area (Å²) in [7, 11) is 2.70. The van der Waals surface area contributed by atoms with E-state index in [1.807, 2.05) is 0 Å². The number of carbonyl (C=O) groups is 2. The van der Waals surface area contributed by atoms with Gasteiger partial charge in [-0.25, -0.2) is 0 Å². The molecule has 4 saturated heterocycles. The third-order valence-electron chi connectivity index (χ3n) is 10.0. The number of hydrogen-bond acceptors (Lipinski definition) is 20. The molecule has 0 aromatic carbocycles. The molecule has 20 atom stereocenters. The molecular weight excluding hydrogens is 728 g/mol. The van der Waals surface area contributed by atoms with Crippen LogP contribution in [0.4, 0.5) is 0 Å². The highest BCUT2D eigenvalue weighted by molar-refractivity contribution is 5.73. The highest BCUT2D eigenvalue weighted by Crippen LogP contribution is 2.32. The standard InChI is InChI=1S/C18H32N2O10.C14H28N2O8/c1-7-12(19-8(2)23)14(25)17(11(6-22)28-7)30-18-13(20-9(3)24)15(26)16(27-4)10(5-21)29-18;1-5-6(3-17)22-14(8(15)10(5)19)24-12-7(4-18)23-13(21-2)9(16)11(12)20/h7,10-18,21-22,25-26H,5-6H2,1-4H3,(H,19,23)(H,20,24);5-14,17-20H,3-4,15-16H2,1-2H3/t7-,10?,11-,12?,13?,14?,15+,16+,17+,18-;5-,6?,7+,8?,9?,10+,11?,12-,13-,14+/m01/s1. The van der Waals surface area contributed by atoms with Gasteiger partial charge in [0, 0.05) is 34.0 Å². The van der Waals surface area contributed by atoms with Gasteiger partial charge in [0.15, 0.2) is 18.9 Å². The van der Waals surface area contributed by atoms with E-state index in [1.54, 1.807) is 13.8 Å². The van der Waals surface area contributed by atoms with Crippen LogP contribution in [0.2, 0.25) is 0 Å². The van der Waals surface area contributed by atoms with Crippen molar-refractivity contribution in [1.82, 2.24) is 10.6 Å². The zero-order valence-corrected chi connectivity index (χ0v) is 31.2. The number of ether oxygens (including phenoxy) is 8. The zero-order chi connectivity index (χ0) is 40.6. The number of methoxy groups -OCH3 is 2. The number of aliphatic hydroxyl groups is 8. The molecule has 0 aromatic rings. The first-order chi connectivity index (χ1) is 25.5. The molecule has 4 fully saturated rings. The first-order valence-electron chi connectivity index (χ1n) is 17.7. The van der Waals surface area contributed by atoms with Gasteiger partial charge in [0.25, 0.3) is 0 Å². The molecule has 14 N–H and O–H groups in total. The van der Waals surface area contributed by atoms with E-state index in [2.05, 4.69) is 10.6 Å². The summed E-state index contributed by atoms with van der Waals surface area (Å²) < 4.78 is 44.2. The lowest BCUT2D eigenvalue weighted by Crippen LogP contribution is -2.69. The Labute approximate surface area is 312 Å². The Hall–Kier alpha value is -1.78. The van der Waals surface area contributed by atoms with Crippen molar-refractivity contribution < 1.29 is 88.3 Å². The van der Waals surface area contributed by atoms with E-state index in [9.17, 15) is 50.4 Å². The summed E-state index contributed by atoms with van der Waals surface area (Å²) in [6.45, 7) is 4.11. The summed E-state index contributed by atoms with van der Waals surface area (Å²) in [5.41, 5.74) is 11.8. The van der Waals surface area contributed by atoms with Gasteiger partial charge in [0.05, 0.1) is 62.9 Å².